The van der Waals surface area contributed by atoms with Crippen LogP contribution >= 0.6 is 0 Å². The highest BCUT2D eigenvalue weighted by atomic mass is 16.5. The quantitative estimate of drug-likeness (QED) is 0.765. The molecule has 0 bridgehead atoms. The fourth-order valence-electron chi connectivity index (χ4n) is 3.92. The van der Waals surface area contributed by atoms with Crippen LogP contribution in [0.5, 0.6) is 0 Å². The lowest BCUT2D eigenvalue weighted by Gasteiger charge is -2.55. The molecular formula is C14H21N2O5. The van der Waals surface area contributed by atoms with E-state index < -0.39 is 34.4 Å². The third-order valence-corrected chi connectivity index (χ3v) is 4.43. The van der Waals surface area contributed by atoms with Crippen LogP contribution in [0.3, 0.4) is 0 Å². The van der Waals surface area contributed by atoms with Crippen molar-refractivity contribution in [3.05, 3.63) is 0 Å². The summed E-state index contributed by atoms with van der Waals surface area (Å²) in [6.45, 7) is 6.57. The van der Waals surface area contributed by atoms with E-state index in [1.165, 1.54) is 0 Å². The molecule has 7 nitrogen and oxygen atoms in total. The van der Waals surface area contributed by atoms with Crippen molar-refractivity contribution in [3.8, 4) is 0 Å². The van der Waals surface area contributed by atoms with Crippen LogP contribution in [0.15, 0.2) is 0 Å². The van der Waals surface area contributed by atoms with Gasteiger partial charge in [0.1, 0.15) is 0 Å². The average Bonchev–Trinajstić information content (AvgIpc) is 2.65. The topological polar surface area (TPSA) is 97.8 Å². The monoisotopic (exact) mass is 297 g/mol. The van der Waals surface area contributed by atoms with Crippen molar-refractivity contribution in [1.29, 1.82) is 0 Å². The molecular weight excluding hydrogens is 276 g/mol. The Bertz CT molecular complexity index is 477. The van der Waals surface area contributed by atoms with Gasteiger partial charge in [-0.3, -0.25) is 14.5 Å². The Morgan fingerprint density at radius 3 is 1.71 bits per heavy atom. The largest absolute Gasteiger partial charge is 0.479 e. The molecule has 2 aliphatic heterocycles. The molecule has 2 fully saturated rings. The highest BCUT2D eigenvalue weighted by Crippen LogP contribution is 2.46. The first kappa shape index (κ1) is 15.9. The van der Waals surface area contributed by atoms with Crippen LogP contribution in [0.1, 0.15) is 53.4 Å². The van der Waals surface area contributed by atoms with E-state index in [1.54, 1.807) is 27.7 Å². The Morgan fingerprint density at radius 2 is 1.38 bits per heavy atom. The number of amides is 2. The second kappa shape index (κ2) is 4.51. The number of imide groups is 1. The first-order valence-electron chi connectivity index (χ1n) is 7.01. The summed E-state index contributed by atoms with van der Waals surface area (Å²) in [5.74, 6) is -2.15. The summed E-state index contributed by atoms with van der Waals surface area (Å²) < 4.78 is 0. The van der Waals surface area contributed by atoms with E-state index in [4.69, 9.17) is 0 Å². The molecule has 2 saturated heterocycles. The summed E-state index contributed by atoms with van der Waals surface area (Å²) in [6.07, 6.45) is -0.0644. The Hall–Kier alpha value is -1.47. The van der Waals surface area contributed by atoms with Crippen molar-refractivity contribution in [1.82, 2.24) is 9.96 Å². The van der Waals surface area contributed by atoms with Crippen LogP contribution in [0.25, 0.3) is 0 Å². The molecule has 0 unspecified atom stereocenters. The Morgan fingerprint density at radius 1 is 1.00 bits per heavy atom. The summed E-state index contributed by atoms with van der Waals surface area (Å²) in [7, 11) is 0. The third kappa shape index (κ3) is 2.24. The highest BCUT2D eigenvalue weighted by molar-refractivity contribution is 6.06. The van der Waals surface area contributed by atoms with Gasteiger partial charge < -0.3 is 5.11 Å². The van der Waals surface area contributed by atoms with Crippen LogP contribution in [0.2, 0.25) is 0 Å². The van der Waals surface area contributed by atoms with Crippen molar-refractivity contribution >= 4 is 17.8 Å². The van der Waals surface area contributed by atoms with Crippen molar-refractivity contribution in [2.75, 3.05) is 0 Å². The zero-order chi connectivity index (χ0) is 16.2. The average molecular weight is 297 g/mol. The van der Waals surface area contributed by atoms with Crippen LogP contribution in [0.4, 0.5) is 0 Å². The summed E-state index contributed by atoms with van der Waals surface area (Å²) >= 11 is 0. The van der Waals surface area contributed by atoms with Gasteiger partial charge in [0.2, 0.25) is 11.8 Å². The van der Waals surface area contributed by atoms with Crippen molar-refractivity contribution in [2.45, 2.75) is 70.0 Å². The lowest BCUT2D eigenvalue weighted by molar-refractivity contribution is -0.301. The third-order valence-electron chi connectivity index (χ3n) is 4.43. The minimum absolute atomic E-state index is 0.0375. The summed E-state index contributed by atoms with van der Waals surface area (Å²) in [5, 5.41) is 23.0. The zero-order valence-electron chi connectivity index (χ0n) is 12.8. The maximum atomic E-state index is 12.4. The van der Waals surface area contributed by atoms with E-state index in [2.05, 4.69) is 0 Å². The minimum atomic E-state index is -1.64. The maximum absolute atomic E-state index is 12.4. The molecule has 1 radical (unpaired) electrons. The zero-order valence-corrected chi connectivity index (χ0v) is 12.8. The second-order valence-corrected chi connectivity index (χ2v) is 7.23. The number of carbonyl (C=O) groups excluding carboxylic acids is 2. The number of rotatable bonds is 2. The molecule has 0 aromatic carbocycles. The van der Waals surface area contributed by atoms with Gasteiger partial charge in [0.05, 0.1) is 0 Å². The Labute approximate surface area is 123 Å². The van der Waals surface area contributed by atoms with Gasteiger partial charge in [-0.05, 0) is 27.7 Å². The number of aliphatic carboxylic acids is 1. The van der Waals surface area contributed by atoms with Crippen LogP contribution in [-0.2, 0) is 19.6 Å². The predicted molar refractivity (Wildman–Crippen MR) is 71.4 cm³/mol. The normalized spacial score (nSPS) is 28.0. The molecule has 2 rings (SSSR count). The second-order valence-electron chi connectivity index (χ2n) is 7.23. The van der Waals surface area contributed by atoms with Gasteiger partial charge in [0.25, 0.3) is 0 Å². The number of hydrogen-bond donors (Lipinski definition) is 1. The van der Waals surface area contributed by atoms with E-state index in [1.807, 2.05) is 0 Å². The van der Waals surface area contributed by atoms with Crippen LogP contribution in [-0.4, -0.2) is 49.5 Å². The molecule has 7 heteroatoms. The fourth-order valence-corrected chi connectivity index (χ4v) is 3.92. The van der Waals surface area contributed by atoms with Gasteiger partial charge in [-0.15, -0.1) is 10.3 Å². The van der Waals surface area contributed by atoms with Gasteiger partial charge in [-0.2, -0.15) is 0 Å². The SMILES string of the molecule is CC1(C)CC(C(=O)O)(N2C(=O)CCC2=O)CC(C)(C)N1[O]. The molecule has 0 aliphatic carbocycles. The van der Waals surface area contributed by atoms with Crippen molar-refractivity contribution < 1.29 is 24.7 Å². The molecule has 2 heterocycles. The molecule has 0 aromatic heterocycles. The Balaban J connectivity index is 2.56. The van der Waals surface area contributed by atoms with Crippen LogP contribution in [0, 0.1) is 0 Å². The first-order chi connectivity index (χ1) is 9.44. The smallest absolute Gasteiger partial charge is 0.330 e. The number of hydrogen-bond acceptors (Lipinski definition) is 4. The highest BCUT2D eigenvalue weighted by Gasteiger charge is 2.62. The van der Waals surface area contributed by atoms with Crippen molar-refractivity contribution in [3.63, 3.8) is 0 Å². The Kier molecular flexibility index (Phi) is 3.42. The number of hydroxylamine groups is 2. The number of piperidine rings is 1. The molecule has 0 atom stereocenters. The molecule has 0 spiro atoms. The fraction of sp³-hybridized carbons (Fsp3) is 0.786. The van der Waals surface area contributed by atoms with E-state index in [9.17, 15) is 24.7 Å². The molecule has 0 saturated carbocycles. The lowest BCUT2D eigenvalue weighted by Crippen LogP contribution is -2.71. The van der Waals surface area contributed by atoms with E-state index >= 15 is 0 Å². The summed E-state index contributed by atoms with van der Waals surface area (Å²) in [4.78, 5) is 37.0. The van der Waals surface area contributed by atoms with E-state index in [0.29, 0.717) is 0 Å². The van der Waals surface area contributed by atoms with E-state index in [0.717, 1.165) is 9.96 Å². The number of likely N-dealkylation sites (tertiary alicyclic amines) is 1. The number of carboxylic acids is 1. The van der Waals surface area contributed by atoms with Gasteiger partial charge in [0.15, 0.2) is 5.54 Å². The molecule has 2 aliphatic rings. The van der Waals surface area contributed by atoms with E-state index in [-0.39, 0.29) is 25.7 Å². The summed E-state index contributed by atoms with van der Waals surface area (Å²) in [6, 6.07) is 0. The molecule has 21 heavy (non-hydrogen) atoms. The molecule has 117 valence electrons. The van der Waals surface area contributed by atoms with Crippen LogP contribution < -0.4 is 0 Å². The number of carbonyl (C=O) groups is 3. The number of carboxylic acid groups (broad SMARTS) is 1. The molecule has 2 amide bonds. The first-order valence-corrected chi connectivity index (χ1v) is 7.01. The molecule has 0 aromatic rings. The maximum Gasteiger partial charge on any atom is 0.330 e. The standard InChI is InChI=1S/C14H21N2O5/c1-12(2)7-14(11(19)20,8-13(3,4)16(12)21)15-9(17)5-6-10(15)18/h5-8H2,1-4H3,(H,19,20). The van der Waals surface area contributed by atoms with Gasteiger partial charge in [-0.25, -0.2) is 4.79 Å². The minimum Gasteiger partial charge on any atom is -0.479 e. The summed E-state index contributed by atoms with van der Waals surface area (Å²) in [5.41, 5.74) is -3.61. The molecule has 1 N–H and O–H groups in total. The number of nitrogens with zero attached hydrogens (tertiary/aromatic N) is 2. The lowest BCUT2D eigenvalue weighted by atomic mass is 9.69. The van der Waals surface area contributed by atoms with Gasteiger partial charge in [-0.1, -0.05) is 0 Å². The van der Waals surface area contributed by atoms with Gasteiger partial charge >= 0.3 is 5.97 Å². The predicted octanol–water partition coefficient (Wildman–Crippen LogP) is 0.957. The van der Waals surface area contributed by atoms with Crippen molar-refractivity contribution in [2.24, 2.45) is 0 Å². The van der Waals surface area contributed by atoms with Gasteiger partial charge in [0, 0.05) is 36.8 Å².